The maximum absolute atomic E-state index is 13.1. The lowest BCUT2D eigenvalue weighted by atomic mass is 10.1. The van der Waals surface area contributed by atoms with E-state index in [2.05, 4.69) is 27.3 Å². The van der Waals surface area contributed by atoms with E-state index in [1.165, 1.54) is 22.9 Å². The molecule has 176 valence electrons. The summed E-state index contributed by atoms with van der Waals surface area (Å²) in [6.07, 6.45) is 4.21. The fourth-order valence-electron chi connectivity index (χ4n) is 4.91. The summed E-state index contributed by atoms with van der Waals surface area (Å²) < 4.78 is 0. The number of carbonyl (C=O) groups is 3. The number of rotatable bonds is 5. The zero-order chi connectivity index (χ0) is 23.7. The molecule has 0 spiro atoms. The number of aliphatic imine (C=N–C) groups is 1. The Kier molecular flexibility index (Phi) is 6.41. The number of fused-ring (bicyclic) bond motifs is 1. The monoisotopic (exact) mass is 476 g/mol. The predicted octanol–water partition coefficient (Wildman–Crippen LogP) is 3.87. The standard InChI is InChI=1S/C26H28N4O3S/c1-29(21-13-10-17-6-2-3-7-20(17)21)25(33)18-8-11-19(12-9-18)27-23(31)16-22-24(32)28-26(34-22)30-14-4-5-15-30/h2-3,6-9,11-12,21-22H,4-5,10,13-16H2,1H3,(H,27,31). The van der Waals surface area contributed by atoms with Crippen LogP contribution in [0.15, 0.2) is 53.5 Å². The summed E-state index contributed by atoms with van der Waals surface area (Å²) in [7, 11) is 1.85. The third kappa shape index (κ3) is 4.59. The first-order chi connectivity index (χ1) is 16.5. The van der Waals surface area contributed by atoms with Crippen LogP contribution < -0.4 is 5.32 Å². The van der Waals surface area contributed by atoms with Crippen LogP contribution in [0.4, 0.5) is 5.69 Å². The second kappa shape index (κ2) is 9.62. The Labute approximate surface area is 203 Å². The molecule has 0 bridgehead atoms. The number of likely N-dealkylation sites (tertiary alicyclic amines) is 1. The van der Waals surface area contributed by atoms with Gasteiger partial charge in [-0.05, 0) is 61.1 Å². The fraction of sp³-hybridized carbons (Fsp3) is 0.385. The molecule has 8 heteroatoms. The Morgan fingerprint density at radius 2 is 1.85 bits per heavy atom. The Hall–Kier alpha value is -3.13. The molecule has 2 atom stereocenters. The Morgan fingerprint density at radius 3 is 2.62 bits per heavy atom. The summed E-state index contributed by atoms with van der Waals surface area (Å²) in [4.78, 5) is 45.9. The average molecular weight is 477 g/mol. The molecule has 7 nitrogen and oxygen atoms in total. The lowest BCUT2D eigenvalue weighted by Gasteiger charge is -2.25. The smallest absolute Gasteiger partial charge is 0.262 e. The van der Waals surface area contributed by atoms with Gasteiger partial charge in [-0.3, -0.25) is 14.4 Å². The van der Waals surface area contributed by atoms with Gasteiger partial charge >= 0.3 is 0 Å². The lowest BCUT2D eigenvalue weighted by Crippen LogP contribution is -2.30. The van der Waals surface area contributed by atoms with E-state index in [1.807, 2.05) is 19.2 Å². The van der Waals surface area contributed by atoms with Gasteiger partial charge in [0, 0.05) is 37.8 Å². The molecule has 34 heavy (non-hydrogen) atoms. The quantitative estimate of drug-likeness (QED) is 0.709. The summed E-state index contributed by atoms with van der Waals surface area (Å²) >= 11 is 1.39. The van der Waals surface area contributed by atoms with E-state index in [-0.39, 0.29) is 30.2 Å². The van der Waals surface area contributed by atoms with E-state index in [9.17, 15) is 14.4 Å². The number of amides is 3. The van der Waals surface area contributed by atoms with Gasteiger partial charge in [-0.15, -0.1) is 0 Å². The van der Waals surface area contributed by atoms with Gasteiger partial charge in [0.1, 0.15) is 5.25 Å². The van der Waals surface area contributed by atoms with Crippen LogP contribution in [-0.2, 0) is 16.0 Å². The van der Waals surface area contributed by atoms with Crippen molar-refractivity contribution in [1.82, 2.24) is 9.80 Å². The Bertz CT molecular complexity index is 1140. The minimum atomic E-state index is -0.473. The minimum absolute atomic E-state index is 0.0425. The van der Waals surface area contributed by atoms with Crippen LogP contribution in [0.5, 0.6) is 0 Å². The molecular formula is C26H28N4O3S. The number of nitrogens with one attached hydrogen (secondary N) is 1. The first kappa shape index (κ1) is 22.7. The van der Waals surface area contributed by atoms with Crippen molar-refractivity contribution in [2.24, 2.45) is 4.99 Å². The van der Waals surface area contributed by atoms with Crippen molar-refractivity contribution in [3.63, 3.8) is 0 Å². The van der Waals surface area contributed by atoms with E-state index in [4.69, 9.17) is 0 Å². The Balaban J connectivity index is 1.16. The van der Waals surface area contributed by atoms with Crippen LogP contribution in [0.25, 0.3) is 0 Å². The number of benzene rings is 2. The number of hydrogen-bond acceptors (Lipinski definition) is 5. The maximum atomic E-state index is 13.1. The highest BCUT2D eigenvalue weighted by atomic mass is 32.2. The number of carbonyl (C=O) groups excluding carboxylic acids is 3. The molecular weight excluding hydrogens is 448 g/mol. The third-order valence-electron chi connectivity index (χ3n) is 6.78. The highest BCUT2D eigenvalue weighted by Gasteiger charge is 2.34. The molecule has 1 saturated heterocycles. The summed E-state index contributed by atoms with van der Waals surface area (Å²) in [5, 5.41) is 3.12. The molecule has 2 aliphatic heterocycles. The SMILES string of the molecule is CN(C(=O)c1ccc(NC(=O)CC2SC(N3CCCC3)=NC2=O)cc1)C1CCc2ccccc21. The molecule has 2 aromatic carbocycles. The van der Waals surface area contributed by atoms with Crippen molar-refractivity contribution in [3.8, 4) is 0 Å². The van der Waals surface area contributed by atoms with Gasteiger partial charge in [0.05, 0.1) is 6.04 Å². The van der Waals surface area contributed by atoms with Gasteiger partial charge < -0.3 is 15.1 Å². The summed E-state index contributed by atoms with van der Waals surface area (Å²) in [5.74, 6) is -0.513. The second-order valence-electron chi connectivity index (χ2n) is 9.03. The predicted molar refractivity (Wildman–Crippen MR) is 134 cm³/mol. The van der Waals surface area contributed by atoms with Crippen LogP contribution in [0.3, 0.4) is 0 Å². The number of nitrogens with zero attached hydrogens (tertiary/aromatic N) is 3. The highest BCUT2D eigenvalue weighted by molar-refractivity contribution is 8.15. The van der Waals surface area contributed by atoms with Gasteiger partial charge in [-0.25, -0.2) is 0 Å². The number of amidine groups is 1. The summed E-state index contributed by atoms with van der Waals surface area (Å²) in [6.45, 7) is 1.84. The molecule has 1 aliphatic carbocycles. The molecule has 0 saturated carbocycles. The van der Waals surface area contributed by atoms with Crippen molar-refractivity contribution in [1.29, 1.82) is 0 Å². The first-order valence-electron chi connectivity index (χ1n) is 11.8. The maximum Gasteiger partial charge on any atom is 0.262 e. The largest absolute Gasteiger partial charge is 0.351 e. The van der Waals surface area contributed by atoms with E-state index in [0.29, 0.717) is 11.3 Å². The van der Waals surface area contributed by atoms with Crippen molar-refractivity contribution in [2.75, 3.05) is 25.5 Å². The van der Waals surface area contributed by atoms with E-state index < -0.39 is 5.25 Å². The number of anilines is 1. The molecule has 2 unspecified atom stereocenters. The van der Waals surface area contributed by atoms with Crippen molar-refractivity contribution >= 4 is 40.3 Å². The van der Waals surface area contributed by atoms with Gasteiger partial charge in [0.2, 0.25) is 5.91 Å². The van der Waals surface area contributed by atoms with Crippen LogP contribution in [-0.4, -0.2) is 58.1 Å². The van der Waals surface area contributed by atoms with Crippen LogP contribution in [0, 0.1) is 0 Å². The molecule has 3 amide bonds. The van der Waals surface area contributed by atoms with Crippen LogP contribution in [0.1, 0.15) is 53.2 Å². The molecule has 0 radical (unpaired) electrons. The molecule has 2 aromatic rings. The lowest BCUT2D eigenvalue weighted by molar-refractivity contribution is -0.121. The highest BCUT2D eigenvalue weighted by Crippen LogP contribution is 2.35. The third-order valence-corrected chi connectivity index (χ3v) is 7.99. The molecule has 3 aliphatic rings. The van der Waals surface area contributed by atoms with Gasteiger partial charge in [0.15, 0.2) is 5.17 Å². The van der Waals surface area contributed by atoms with Crippen molar-refractivity contribution in [3.05, 3.63) is 65.2 Å². The first-order valence-corrected chi connectivity index (χ1v) is 12.7. The Morgan fingerprint density at radius 1 is 1.12 bits per heavy atom. The molecule has 2 heterocycles. The molecule has 1 fully saturated rings. The summed E-state index contributed by atoms with van der Waals surface area (Å²) in [5.41, 5.74) is 3.71. The number of aryl methyl sites for hydroxylation is 1. The second-order valence-corrected chi connectivity index (χ2v) is 10.2. The molecule has 1 N–H and O–H groups in total. The van der Waals surface area contributed by atoms with Crippen molar-refractivity contribution < 1.29 is 14.4 Å². The number of thioether (sulfide) groups is 1. The van der Waals surface area contributed by atoms with Gasteiger partial charge in [-0.1, -0.05) is 36.0 Å². The topological polar surface area (TPSA) is 82.1 Å². The van der Waals surface area contributed by atoms with E-state index in [0.717, 1.165) is 43.9 Å². The fourth-order valence-corrected chi connectivity index (χ4v) is 6.03. The summed E-state index contributed by atoms with van der Waals surface area (Å²) in [6, 6.07) is 15.3. The normalized spacial score (nSPS) is 21.4. The van der Waals surface area contributed by atoms with Gasteiger partial charge in [0.25, 0.3) is 11.8 Å². The average Bonchev–Trinajstić information content (AvgIpc) is 3.59. The van der Waals surface area contributed by atoms with Crippen LogP contribution in [0.2, 0.25) is 0 Å². The number of hydrogen-bond donors (Lipinski definition) is 1. The zero-order valence-electron chi connectivity index (χ0n) is 19.2. The van der Waals surface area contributed by atoms with Gasteiger partial charge in [-0.2, -0.15) is 4.99 Å². The zero-order valence-corrected chi connectivity index (χ0v) is 20.0. The minimum Gasteiger partial charge on any atom is -0.351 e. The van der Waals surface area contributed by atoms with E-state index >= 15 is 0 Å². The van der Waals surface area contributed by atoms with E-state index in [1.54, 1.807) is 29.2 Å². The van der Waals surface area contributed by atoms with Crippen LogP contribution >= 0.6 is 11.8 Å². The molecule has 0 aromatic heterocycles. The molecule has 5 rings (SSSR count). The van der Waals surface area contributed by atoms with Crippen molar-refractivity contribution in [2.45, 2.75) is 43.4 Å².